The van der Waals surface area contributed by atoms with Gasteiger partial charge in [0.1, 0.15) is 6.61 Å². The van der Waals surface area contributed by atoms with E-state index in [4.69, 9.17) is 4.74 Å². The third kappa shape index (κ3) is 4.32. The lowest BCUT2D eigenvalue weighted by Gasteiger charge is -2.13. The molecule has 1 unspecified atom stereocenters. The number of carbonyl (C=O) groups is 2. The lowest BCUT2D eigenvalue weighted by Crippen LogP contribution is -2.42. The maximum Gasteiger partial charge on any atom is 0.409 e. The fraction of sp³-hybridized carbons (Fsp3) is 0.0870. The van der Waals surface area contributed by atoms with Gasteiger partial charge in [0.2, 0.25) is 6.17 Å². The molecule has 6 heteroatoms. The van der Waals surface area contributed by atoms with Gasteiger partial charge in [0, 0.05) is 11.1 Å². The van der Waals surface area contributed by atoms with Crippen LogP contribution in [0.15, 0.2) is 89.9 Å². The largest absolute Gasteiger partial charge is 0.445 e. The van der Waals surface area contributed by atoms with E-state index in [9.17, 15) is 9.59 Å². The molecule has 0 radical (unpaired) electrons. The molecule has 0 aliphatic carbocycles. The Kier molecular flexibility index (Phi) is 5.33. The zero-order valence-electron chi connectivity index (χ0n) is 15.5. The van der Waals surface area contributed by atoms with Gasteiger partial charge in [0.25, 0.3) is 5.91 Å². The summed E-state index contributed by atoms with van der Waals surface area (Å²) in [6, 6.07) is 26.3. The predicted molar refractivity (Wildman–Crippen MR) is 111 cm³/mol. The highest BCUT2D eigenvalue weighted by atomic mass is 16.5. The molecule has 6 nitrogen and oxygen atoms in total. The molecule has 29 heavy (non-hydrogen) atoms. The van der Waals surface area contributed by atoms with Crippen molar-refractivity contribution in [3.8, 4) is 0 Å². The quantitative estimate of drug-likeness (QED) is 0.718. The van der Waals surface area contributed by atoms with Crippen LogP contribution in [0.25, 0.3) is 0 Å². The Bertz CT molecular complexity index is 1050. The average molecular weight is 385 g/mol. The molecule has 2 amide bonds. The molecule has 1 aliphatic heterocycles. The van der Waals surface area contributed by atoms with Crippen LogP contribution in [0, 0.1) is 0 Å². The van der Waals surface area contributed by atoms with Crippen LogP contribution >= 0.6 is 0 Å². The van der Waals surface area contributed by atoms with Crippen LogP contribution in [0.5, 0.6) is 0 Å². The summed E-state index contributed by atoms with van der Waals surface area (Å²) in [7, 11) is 0. The molecule has 0 aromatic heterocycles. The van der Waals surface area contributed by atoms with E-state index in [0.29, 0.717) is 11.4 Å². The molecule has 0 bridgehead atoms. The second-order valence-electron chi connectivity index (χ2n) is 6.49. The summed E-state index contributed by atoms with van der Waals surface area (Å²) in [6.45, 7) is 0.108. The van der Waals surface area contributed by atoms with Gasteiger partial charge in [-0.3, -0.25) is 10.1 Å². The highest BCUT2D eigenvalue weighted by Crippen LogP contribution is 2.23. The van der Waals surface area contributed by atoms with Gasteiger partial charge in [-0.25, -0.2) is 9.79 Å². The van der Waals surface area contributed by atoms with E-state index in [1.54, 1.807) is 0 Å². The summed E-state index contributed by atoms with van der Waals surface area (Å²) in [4.78, 5) is 29.5. The summed E-state index contributed by atoms with van der Waals surface area (Å²) in [6.07, 6.45) is -1.82. The summed E-state index contributed by atoms with van der Waals surface area (Å²) in [5, 5.41) is 5.38. The first kappa shape index (κ1) is 18.4. The van der Waals surface area contributed by atoms with Crippen LogP contribution in [-0.2, 0) is 16.1 Å². The first-order chi connectivity index (χ1) is 14.2. The van der Waals surface area contributed by atoms with E-state index in [1.165, 1.54) is 0 Å². The van der Waals surface area contributed by atoms with Gasteiger partial charge in [0.15, 0.2) is 0 Å². The number of nitrogens with zero attached hydrogens (tertiary/aromatic N) is 1. The Morgan fingerprint density at radius 2 is 1.59 bits per heavy atom. The van der Waals surface area contributed by atoms with Crippen molar-refractivity contribution < 1.29 is 14.3 Å². The third-order valence-electron chi connectivity index (χ3n) is 4.46. The molecule has 3 aromatic carbocycles. The minimum absolute atomic E-state index is 0.108. The van der Waals surface area contributed by atoms with Crippen molar-refractivity contribution in [3.63, 3.8) is 0 Å². The van der Waals surface area contributed by atoms with Crippen molar-refractivity contribution >= 4 is 23.4 Å². The van der Waals surface area contributed by atoms with Gasteiger partial charge in [-0.15, -0.1) is 0 Å². The van der Waals surface area contributed by atoms with E-state index >= 15 is 0 Å². The number of hydrogen-bond acceptors (Lipinski definition) is 4. The highest BCUT2D eigenvalue weighted by Gasteiger charge is 2.27. The lowest BCUT2D eigenvalue weighted by atomic mass is 10.0. The predicted octanol–water partition coefficient (Wildman–Crippen LogP) is 3.73. The number of anilines is 1. The summed E-state index contributed by atoms with van der Waals surface area (Å²) < 4.78 is 5.24. The number of benzodiazepines with no additional fused rings is 1. The lowest BCUT2D eigenvalue weighted by molar-refractivity contribution is -0.117. The fourth-order valence-corrected chi connectivity index (χ4v) is 3.06. The summed E-state index contributed by atoms with van der Waals surface area (Å²) in [5.41, 5.74) is 3.75. The van der Waals surface area contributed by atoms with E-state index in [0.717, 1.165) is 16.7 Å². The summed E-state index contributed by atoms with van der Waals surface area (Å²) >= 11 is 0. The molecule has 2 N–H and O–H groups in total. The molecule has 1 aliphatic rings. The number of carbonyl (C=O) groups excluding carboxylic acids is 2. The van der Waals surface area contributed by atoms with Crippen molar-refractivity contribution in [2.75, 3.05) is 5.32 Å². The number of fused-ring (bicyclic) bond motifs is 1. The second kappa shape index (κ2) is 8.39. The smallest absolute Gasteiger partial charge is 0.409 e. The molecule has 4 rings (SSSR count). The maximum absolute atomic E-state index is 12.7. The van der Waals surface area contributed by atoms with Gasteiger partial charge < -0.3 is 10.1 Å². The zero-order valence-corrected chi connectivity index (χ0v) is 15.5. The van der Waals surface area contributed by atoms with Crippen LogP contribution in [0.4, 0.5) is 10.5 Å². The van der Waals surface area contributed by atoms with Gasteiger partial charge >= 0.3 is 6.09 Å². The van der Waals surface area contributed by atoms with Crippen LogP contribution in [0.1, 0.15) is 16.7 Å². The first-order valence-electron chi connectivity index (χ1n) is 9.21. The molecule has 0 saturated heterocycles. The maximum atomic E-state index is 12.7. The fourth-order valence-electron chi connectivity index (χ4n) is 3.06. The van der Waals surface area contributed by atoms with Crippen LogP contribution in [0.3, 0.4) is 0 Å². The molecule has 3 aromatic rings. The molecular weight excluding hydrogens is 366 g/mol. The Hall–Kier alpha value is -3.93. The Morgan fingerprint density at radius 3 is 2.34 bits per heavy atom. The van der Waals surface area contributed by atoms with E-state index < -0.39 is 18.2 Å². The number of nitrogens with one attached hydrogen (secondary N) is 2. The van der Waals surface area contributed by atoms with Crippen molar-refractivity contribution in [2.45, 2.75) is 12.8 Å². The first-order valence-corrected chi connectivity index (χ1v) is 9.21. The molecular formula is C23H19N3O3. The Labute approximate surface area is 168 Å². The van der Waals surface area contributed by atoms with Gasteiger partial charge in [-0.05, 0) is 11.6 Å². The number of aliphatic imine (C=N–C) groups is 1. The topological polar surface area (TPSA) is 79.8 Å². The van der Waals surface area contributed by atoms with Gasteiger partial charge in [0.05, 0.1) is 11.4 Å². The number of para-hydroxylation sites is 1. The Morgan fingerprint density at radius 1 is 0.931 bits per heavy atom. The highest BCUT2D eigenvalue weighted by molar-refractivity contribution is 6.19. The standard InChI is InChI=1S/C23H19N3O3/c27-22-21(26-23(28)29-15-16-9-3-1-4-10-16)25-20(17-11-5-2-6-12-17)18-13-7-8-14-19(18)24-22/h1-14,21H,15H2,(H,24,27)(H,26,28). The number of ether oxygens (including phenoxy) is 1. The van der Waals surface area contributed by atoms with Crippen molar-refractivity contribution in [3.05, 3.63) is 102 Å². The van der Waals surface area contributed by atoms with Crippen LogP contribution in [-0.4, -0.2) is 23.9 Å². The minimum Gasteiger partial charge on any atom is -0.445 e. The zero-order chi connectivity index (χ0) is 20.1. The van der Waals surface area contributed by atoms with Crippen molar-refractivity contribution in [2.24, 2.45) is 4.99 Å². The molecule has 0 spiro atoms. The molecule has 1 heterocycles. The third-order valence-corrected chi connectivity index (χ3v) is 4.46. The Balaban J connectivity index is 1.58. The van der Waals surface area contributed by atoms with Gasteiger partial charge in [-0.1, -0.05) is 78.9 Å². The number of hydrogen-bond donors (Lipinski definition) is 2. The van der Waals surface area contributed by atoms with E-state index in [2.05, 4.69) is 15.6 Å². The normalized spacial score (nSPS) is 15.4. The monoisotopic (exact) mass is 385 g/mol. The number of rotatable bonds is 4. The molecule has 0 saturated carbocycles. The summed E-state index contributed by atoms with van der Waals surface area (Å²) in [5.74, 6) is -0.431. The molecule has 0 fully saturated rings. The van der Waals surface area contributed by atoms with Crippen molar-refractivity contribution in [1.82, 2.24) is 5.32 Å². The van der Waals surface area contributed by atoms with Crippen LogP contribution in [0.2, 0.25) is 0 Å². The molecule has 144 valence electrons. The van der Waals surface area contributed by atoms with E-state index in [-0.39, 0.29) is 6.61 Å². The number of amides is 2. The number of benzene rings is 3. The van der Waals surface area contributed by atoms with Crippen LogP contribution < -0.4 is 10.6 Å². The number of alkyl carbamates (subject to hydrolysis) is 1. The van der Waals surface area contributed by atoms with Gasteiger partial charge in [-0.2, -0.15) is 0 Å². The minimum atomic E-state index is -1.11. The van der Waals surface area contributed by atoms with E-state index in [1.807, 2.05) is 84.9 Å². The second-order valence-corrected chi connectivity index (χ2v) is 6.49. The SMILES string of the molecule is O=C(NC1N=C(c2ccccc2)c2ccccc2NC1=O)OCc1ccccc1. The average Bonchev–Trinajstić information content (AvgIpc) is 2.90. The molecule has 1 atom stereocenters. The van der Waals surface area contributed by atoms with Crippen molar-refractivity contribution in [1.29, 1.82) is 0 Å².